The molecule has 0 saturated carbocycles. The van der Waals surface area contributed by atoms with Crippen LogP contribution in [0.5, 0.6) is 0 Å². The Hall–Kier alpha value is -0.637. The van der Waals surface area contributed by atoms with Crippen molar-refractivity contribution in [2.24, 2.45) is 0 Å². The molecule has 0 aliphatic carbocycles. The van der Waals surface area contributed by atoms with Crippen molar-refractivity contribution in [1.29, 1.82) is 0 Å². The molecule has 1 aromatic rings. The fraction of sp³-hybridized carbons (Fsp3) is 0.222. The van der Waals surface area contributed by atoms with Gasteiger partial charge in [0.2, 0.25) is 0 Å². The summed E-state index contributed by atoms with van der Waals surface area (Å²) < 4.78 is 44.3. The van der Waals surface area contributed by atoms with Gasteiger partial charge in [-0.2, -0.15) is 0 Å². The van der Waals surface area contributed by atoms with Crippen LogP contribution in [0.2, 0.25) is 0 Å². The van der Waals surface area contributed by atoms with Crippen molar-refractivity contribution >= 4 is 31.1 Å². The minimum absolute atomic E-state index is 0.0208. The molecule has 0 bridgehead atoms. The maximum atomic E-state index is 13.4. The van der Waals surface area contributed by atoms with Gasteiger partial charge in [0.05, 0.1) is 0 Å². The van der Waals surface area contributed by atoms with Crippen LogP contribution < -0.4 is 0 Å². The van der Waals surface area contributed by atoms with Crippen LogP contribution in [0.3, 0.4) is 0 Å². The zero-order valence-electron chi connectivity index (χ0n) is 7.95. The van der Waals surface area contributed by atoms with Gasteiger partial charge in [0.1, 0.15) is 0 Å². The first-order valence-corrected chi connectivity index (χ1v) is 5.52. The predicted octanol–water partition coefficient (Wildman–Crippen LogP) is 1.69. The monoisotopic (exact) mass is 413 g/mol. The van der Waals surface area contributed by atoms with E-state index in [4.69, 9.17) is 0 Å². The molecule has 1 radical (unpaired) electrons. The van der Waals surface area contributed by atoms with Crippen LogP contribution in [-0.2, 0) is 2.81 Å². The van der Waals surface area contributed by atoms with Gasteiger partial charge in [-0.05, 0) is 0 Å². The fourth-order valence-electron chi connectivity index (χ4n) is 1.18. The molecule has 0 heterocycles. The fourth-order valence-corrected chi connectivity index (χ4v) is 1.57. The molecule has 0 spiro atoms. The molecule has 81 valence electrons. The van der Waals surface area contributed by atoms with Crippen LogP contribution in [0.4, 0.5) is 13.2 Å². The Bertz CT molecular complexity index is 403. The Kier molecular flexibility index (Phi) is 3.71. The van der Waals surface area contributed by atoms with Crippen molar-refractivity contribution in [3.8, 4) is 0 Å². The van der Waals surface area contributed by atoms with Crippen LogP contribution in [0.25, 0.3) is 0 Å². The molecule has 0 aromatic heterocycles. The molecule has 0 aliphatic rings. The van der Waals surface area contributed by atoms with Crippen molar-refractivity contribution in [2.45, 2.75) is 13.8 Å². The number of rotatable bonds is 1. The summed E-state index contributed by atoms with van der Waals surface area (Å²) in [7, 11) is 0. The predicted molar refractivity (Wildman–Crippen MR) is 48.4 cm³/mol. The molecule has 0 aliphatic heterocycles. The van der Waals surface area contributed by atoms with Crippen molar-refractivity contribution in [3.05, 3.63) is 34.1 Å². The van der Waals surface area contributed by atoms with Crippen molar-refractivity contribution < 1.29 is 20.8 Å². The number of benzene rings is 1. The SMILES string of the molecule is Cc1c(F)c(C)c(F)c(C(=O)[O][BiH])c1F. The summed E-state index contributed by atoms with van der Waals surface area (Å²) in [6.07, 6.45) is 0. The van der Waals surface area contributed by atoms with E-state index < -0.39 is 29.0 Å². The van der Waals surface area contributed by atoms with Gasteiger partial charge in [0.15, 0.2) is 0 Å². The zero-order valence-corrected chi connectivity index (χ0v) is 11.8. The van der Waals surface area contributed by atoms with Crippen molar-refractivity contribution in [2.75, 3.05) is 0 Å². The minimum atomic E-state index is -1.20. The normalized spacial score (nSPS) is 10.3. The molecule has 2 nitrogen and oxygen atoms in total. The molecule has 1 aromatic carbocycles. The number of halogens is 3. The summed E-state index contributed by atoms with van der Waals surface area (Å²) in [4.78, 5) is 11.1. The van der Waals surface area contributed by atoms with E-state index in [2.05, 4.69) is 2.81 Å². The molecule has 0 fully saturated rings. The molecule has 0 saturated heterocycles. The first-order chi connectivity index (χ1) is 6.91. The van der Waals surface area contributed by atoms with Gasteiger partial charge >= 0.3 is 99.9 Å². The van der Waals surface area contributed by atoms with Crippen LogP contribution in [0.15, 0.2) is 0 Å². The quantitative estimate of drug-likeness (QED) is 0.656. The summed E-state index contributed by atoms with van der Waals surface area (Å²) in [6, 6.07) is 0. The van der Waals surface area contributed by atoms with Crippen molar-refractivity contribution in [3.63, 3.8) is 0 Å². The average Bonchev–Trinajstić information content (AvgIpc) is 2.23. The Balaban J connectivity index is 3.60. The second kappa shape index (κ2) is 4.48. The van der Waals surface area contributed by atoms with Gasteiger partial charge in [-0.1, -0.05) is 0 Å². The van der Waals surface area contributed by atoms with E-state index in [0.29, 0.717) is 0 Å². The molecular weight excluding hydrogens is 406 g/mol. The summed E-state index contributed by atoms with van der Waals surface area (Å²) in [5, 5.41) is 0. The van der Waals surface area contributed by atoms with E-state index in [1.165, 1.54) is 0 Å². The van der Waals surface area contributed by atoms with E-state index in [-0.39, 0.29) is 36.3 Å². The Morgan fingerprint density at radius 3 is 1.80 bits per heavy atom. The zero-order chi connectivity index (χ0) is 11.7. The second-order valence-electron chi connectivity index (χ2n) is 2.96. The molecule has 0 N–H and O–H groups in total. The van der Waals surface area contributed by atoms with Crippen LogP contribution in [0, 0.1) is 31.3 Å². The summed E-state index contributed by atoms with van der Waals surface area (Å²) >= 11 is 0.0208. The Labute approximate surface area is 99.9 Å². The van der Waals surface area contributed by atoms with Crippen LogP contribution >= 0.6 is 0 Å². The first-order valence-electron chi connectivity index (χ1n) is 3.93. The summed E-state index contributed by atoms with van der Waals surface area (Å²) in [5.41, 5.74) is -1.58. The first kappa shape index (κ1) is 12.4. The number of carbonyl (C=O) groups excluding carboxylic acids is 1. The number of hydrogen-bond acceptors (Lipinski definition) is 2. The molecule has 0 amide bonds. The van der Waals surface area contributed by atoms with Gasteiger partial charge in [0.25, 0.3) is 0 Å². The third-order valence-corrected chi connectivity index (χ3v) is 2.77. The Morgan fingerprint density at radius 2 is 1.47 bits per heavy atom. The van der Waals surface area contributed by atoms with Crippen molar-refractivity contribution in [1.82, 2.24) is 0 Å². The molecule has 1 rings (SSSR count). The van der Waals surface area contributed by atoms with Gasteiger partial charge in [-0.15, -0.1) is 0 Å². The molecule has 0 atom stereocenters. The molecular formula is C9H7BiF3O2. The van der Waals surface area contributed by atoms with E-state index in [9.17, 15) is 18.0 Å². The molecule has 0 unspecified atom stereocenters. The van der Waals surface area contributed by atoms with E-state index in [0.717, 1.165) is 13.8 Å². The van der Waals surface area contributed by atoms with Crippen LogP contribution in [-0.4, -0.2) is 31.1 Å². The number of carbonyl (C=O) groups is 1. The van der Waals surface area contributed by atoms with Gasteiger partial charge < -0.3 is 0 Å². The number of hydrogen-bond donors (Lipinski definition) is 0. The topological polar surface area (TPSA) is 26.3 Å². The van der Waals surface area contributed by atoms with Gasteiger partial charge in [-0.3, -0.25) is 0 Å². The third-order valence-electron chi connectivity index (χ3n) is 2.05. The second-order valence-corrected chi connectivity index (χ2v) is 3.75. The molecule has 15 heavy (non-hydrogen) atoms. The molecule has 6 heteroatoms. The maximum absolute atomic E-state index is 13.4. The Morgan fingerprint density at radius 1 is 1.07 bits per heavy atom. The van der Waals surface area contributed by atoms with E-state index >= 15 is 0 Å². The summed E-state index contributed by atoms with van der Waals surface area (Å²) in [6.45, 7) is 2.28. The van der Waals surface area contributed by atoms with Crippen LogP contribution in [0.1, 0.15) is 21.5 Å². The van der Waals surface area contributed by atoms with E-state index in [1.54, 1.807) is 0 Å². The third kappa shape index (κ3) is 2.00. The van der Waals surface area contributed by atoms with Gasteiger partial charge in [0, 0.05) is 0 Å². The van der Waals surface area contributed by atoms with E-state index in [1.807, 2.05) is 0 Å². The average molecular weight is 413 g/mol. The standard InChI is InChI=1S/C9H7F3O2.Bi.H/c1-3-6(10)4(2)8(12)5(7(3)11)9(13)14;;/h1-2H3,(H,13,14);;/q;+1;/p-1. The van der Waals surface area contributed by atoms with Gasteiger partial charge in [-0.25, -0.2) is 0 Å². The summed E-state index contributed by atoms with van der Waals surface area (Å²) in [5.74, 6) is -4.47.